The lowest BCUT2D eigenvalue weighted by Gasteiger charge is -2.28. The lowest BCUT2D eigenvalue weighted by molar-refractivity contribution is -0.384. The Kier molecular flexibility index (Phi) is 5.14. The molecule has 3 aromatic rings. The first-order chi connectivity index (χ1) is 16.0. The topological polar surface area (TPSA) is 93.0 Å². The fourth-order valence-corrected chi connectivity index (χ4v) is 4.48. The average Bonchev–Trinajstić information content (AvgIpc) is 3.35. The van der Waals surface area contributed by atoms with Gasteiger partial charge < -0.3 is 0 Å². The number of amides is 2. The van der Waals surface area contributed by atoms with Crippen molar-refractivity contribution in [2.45, 2.75) is 25.5 Å². The summed E-state index contributed by atoms with van der Waals surface area (Å²) < 4.78 is 0. The molecule has 2 fully saturated rings. The fourth-order valence-electron chi connectivity index (χ4n) is 4.48. The van der Waals surface area contributed by atoms with Gasteiger partial charge in [-0.1, -0.05) is 49.4 Å². The number of non-ortho nitro benzene ring substituents is 1. The van der Waals surface area contributed by atoms with Crippen molar-refractivity contribution in [2.75, 3.05) is 9.96 Å². The van der Waals surface area contributed by atoms with Crippen LogP contribution in [0.5, 0.6) is 0 Å². The quantitative estimate of drug-likeness (QED) is 0.333. The molecule has 0 N–H and O–H groups in total. The number of hydrogen-bond donors (Lipinski definition) is 0. The maximum atomic E-state index is 13.6. The number of rotatable bonds is 5. The number of nitrogens with zero attached hydrogens (tertiary/aromatic N) is 3. The second-order valence-electron chi connectivity index (χ2n) is 8.04. The molecular formula is C25H21N3O5. The van der Waals surface area contributed by atoms with E-state index in [1.165, 1.54) is 29.8 Å². The first-order valence-electron chi connectivity index (χ1n) is 10.7. The zero-order chi connectivity index (χ0) is 23.1. The maximum absolute atomic E-state index is 13.6. The normalized spacial score (nSPS) is 22.0. The summed E-state index contributed by atoms with van der Waals surface area (Å²) in [6.07, 6.45) is -0.0925. The Bertz CT molecular complexity index is 1210. The van der Waals surface area contributed by atoms with Crippen molar-refractivity contribution < 1.29 is 19.3 Å². The Hall–Kier alpha value is -4.04. The number of aryl methyl sites for hydroxylation is 1. The molecule has 0 unspecified atom stereocenters. The summed E-state index contributed by atoms with van der Waals surface area (Å²) in [5.41, 5.74) is 2.97. The molecule has 8 heteroatoms. The van der Waals surface area contributed by atoms with Crippen molar-refractivity contribution in [1.29, 1.82) is 0 Å². The van der Waals surface area contributed by atoms with E-state index in [1.54, 1.807) is 5.06 Å². The first-order valence-corrected chi connectivity index (χ1v) is 10.7. The highest BCUT2D eigenvalue weighted by atomic mass is 16.7. The van der Waals surface area contributed by atoms with Crippen molar-refractivity contribution in [2.24, 2.45) is 5.92 Å². The molecule has 2 amide bonds. The van der Waals surface area contributed by atoms with Crippen LogP contribution in [0.3, 0.4) is 0 Å². The summed E-state index contributed by atoms with van der Waals surface area (Å²) in [5.74, 6) is -1.62. The van der Waals surface area contributed by atoms with Crippen molar-refractivity contribution in [3.8, 4) is 0 Å². The fraction of sp³-hybridized carbons (Fsp3) is 0.200. The number of para-hydroxylation sites is 1. The average molecular weight is 443 g/mol. The molecule has 0 bridgehead atoms. The molecule has 166 valence electrons. The first kappa shape index (κ1) is 20.8. The molecule has 2 saturated heterocycles. The third-order valence-electron chi connectivity index (χ3n) is 6.17. The second-order valence-corrected chi connectivity index (χ2v) is 8.04. The van der Waals surface area contributed by atoms with Gasteiger partial charge in [-0.25, -0.2) is 9.96 Å². The van der Waals surface area contributed by atoms with Crippen LogP contribution < -0.4 is 9.96 Å². The molecule has 3 aromatic carbocycles. The van der Waals surface area contributed by atoms with Gasteiger partial charge in [-0.15, -0.1) is 0 Å². The Morgan fingerprint density at radius 1 is 0.879 bits per heavy atom. The number of nitro groups is 1. The highest BCUT2D eigenvalue weighted by Crippen LogP contribution is 2.47. The van der Waals surface area contributed by atoms with E-state index < -0.39 is 28.9 Å². The van der Waals surface area contributed by atoms with Crippen LogP contribution in [0.1, 0.15) is 24.1 Å². The summed E-state index contributed by atoms with van der Waals surface area (Å²) in [5, 5.41) is 12.6. The Balaban J connectivity index is 1.54. The maximum Gasteiger partial charge on any atom is 0.269 e. The van der Waals surface area contributed by atoms with Gasteiger partial charge >= 0.3 is 0 Å². The summed E-state index contributed by atoms with van der Waals surface area (Å²) in [6, 6.07) is 22.2. The van der Waals surface area contributed by atoms with E-state index in [0.717, 1.165) is 22.6 Å². The third kappa shape index (κ3) is 3.44. The molecule has 2 heterocycles. The molecule has 2 aliphatic rings. The number of benzene rings is 3. The highest BCUT2D eigenvalue weighted by molar-refractivity contribution is 6.23. The van der Waals surface area contributed by atoms with Crippen LogP contribution in [-0.4, -0.2) is 22.8 Å². The molecule has 5 rings (SSSR count). The second kappa shape index (κ2) is 8.14. The highest BCUT2D eigenvalue weighted by Gasteiger charge is 2.60. The van der Waals surface area contributed by atoms with E-state index in [-0.39, 0.29) is 11.6 Å². The number of hydrogen-bond acceptors (Lipinski definition) is 6. The van der Waals surface area contributed by atoms with Gasteiger partial charge in [0.15, 0.2) is 6.10 Å². The number of nitro benzene ring substituents is 1. The number of fused-ring (bicyclic) bond motifs is 1. The molecule has 0 saturated carbocycles. The predicted molar refractivity (Wildman–Crippen MR) is 121 cm³/mol. The predicted octanol–water partition coefficient (Wildman–Crippen LogP) is 4.21. The molecule has 3 atom stereocenters. The van der Waals surface area contributed by atoms with E-state index in [2.05, 4.69) is 6.92 Å². The zero-order valence-electron chi connectivity index (χ0n) is 17.8. The minimum atomic E-state index is -0.983. The standard InChI is InChI=1S/C25H21N3O5/c1-2-16-8-10-17(11-9-16)22-21-23(33-27(22)19-6-4-3-5-7-19)25(30)26(24(21)29)18-12-14-20(15-13-18)28(31)32/h3-15,21-23H,2H2,1H3/t21-,22+,23-/m0/s1. The Morgan fingerprint density at radius 2 is 1.55 bits per heavy atom. The van der Waals surface area contributed by atoms with E-state index in [9.17, 15) is 19.7 Å². The van der Waals surface area contributed by atoms with Gasteiger partial charge in [-0.2, -0.15) is 0 Å². The number of carbonyl (C=O) groups is 2. The smallest absolute Gasteiger partial charge is 0.269 e. The van der Waals surface area contributed by atoms with Crippen LogP contribution in [0, 0.1) is 16.0 Å². The van der Waals surface area contributed by atoms with Gasteiger partial charge in [0.2, 0.25) is 5.91 Å². The lowest BCUT2D eigenvalue weighted by Crippen LogP contribution is -2.37. The monoisotopic (exact) mass is 443 g/mol. The molecule has 0 aromatic heterocycles. The molecule has 33 heavy (non-hydrogen) atoms. The van der Waals surface area contributed by atoms with E-state index in [0.29, 0.717) is 5.69 Å². The van der Waals surface area contributed by atoms with Crippen LogP contribution in [0.15, 0.2) is 78.9 Å². The van der Waals surface area contributed by atoms with Gasteiger partial charge in [0.1, 0.15) is 5.92 Å². The van der Waals surface area contributed by atoms with Crippen LogP contribution in [0.25, 0.3) is 0 Å². The number of carbonyl (C=O) groups excluding carboxylic acids is 2. The summed E-state index contributed by atoms with van der Waals surface area (Å²) in [4.78, 5) is 44.5. The SMILES string of the molecule is CCc1ccc([C@@H]2[C@@H]3C(=O)N(c4ccc([N+](=O)[O-])cc4)C(=O)[C@H]3ON2c2ccccc2)cc1. The third-order valence-corrected chi connectivity index (χ3v) is 6.17. The lowest BCUT2D eigenvalue weighted by atomic mass is 9.90. The van der Waals surface area contributed by atoms with Crippen LogP contribution in [0.4, 0.5) is 17.1 Å². The van der Waals surface area contributed by atoms with Crippen molar-refractivity contribution in [1.82, 2.24) is 0 Å². The largest absolute Gasteiger partial charge is 0.273 e. The number of imide groups is 1. The van der Waals surface area contributed by atoms with Gasteiger partial charge in [-0.05, 0) is 41.8 Å². The molecule has 0 aliphatic carbocycles. The van der Waals surface area contributed by atoms with Crippen molar-refractivity contribution in [3.05, 3.63) is 100 Å². The molecule has 0 radical (unpaired) electrons. The van der Waals surface area contributed by atoms with Crippen molar-refractivity contribution >= 4 is 28.9 Å². The van der Waals surface area contributed by atoms with Crippen LogP contribution in [-0.2, 0) is 20.8 Å². The number of hydroxylamine groups is 1. The molecule has 8 nitrogen and oxygen atoms in total. The minimum absolute atomic E-state index is 0.113. The zero-order valence-corrected chi connectivity index (χ0v) is 17.8. The van der Waals surface area contributed by atoms with Gasteiger partial charge in [-0.3, -0.25) is 24.5 Å². The van der Waals surface area contributed by atoms with Gasteiger partial charge in [0.05, 0.1) is 22.3 Å². The van der Waals surface area contributed by atoms with E-state index in [1.807, 2.05) is 54.6 Å². The molecule has 2 aliphatic heterocycles. The van der Waals surface area contributed by atoms with Crippen LogP contribution >= 0.6 is 0 Å². The number of anilines is 2. The summed E-state index contributed by atoms with van der Waals surface area (Å²) in [6.45, 7) is 2.07. The minimum Gasteiger partial charge on any atom is -0.273 e. The summed E-state index contributed by atoms with van der Waals surface area (Å²) in [7, 11) is 0. The van der Waals surface area contributed by atoms with Crippen molar-refractivity contribution in [3.63, 3.8) is 0 Å². The van der Waals surface area contributed by atoms with Gasteiger partial charge in [0.25, 0.3) is 11.6 Å². The van der Waals surface area contributed by atoms with E-state index >= 15 is 0 Å². The van der Waals surface area contributed by atoms with E-state index in [4.69, 9.17) is 4.84 Å². The molecule has 0 spiro atoms. The Morgan fingerprint density at radius 3 is 2.15 bits per heavy atom. The van der Waals surface area contributed by atoms with Crippen LogP contribution in [0.2, 0.25) is 0 Å². The molecular weight excluding hydrogens is 422 g/mol. The summed E-state index contributed by atoms with van der Waals surface area (Å²) >= 11 is 0. The van der Waals surface area contributed by atoms with Gasteiger partial charge in [0, 0.05) is 12.1 Å². The Labute approximate surface area is 190 Å².